The fourth-order valence-corrected chi connectivity index (χ4v) is 4.61. The first-order valence-electron chi connectivity index (χ1n) is 13.4. The minimum atomic E-state index is -0.345. The number of benzene rings is 2. The summed E-state index contributed by atoms with van der Waals surface area (Å²) in [5.74, 6) is 0.897. The molecule has 3 heterocycles. The molecule has 0 saturated carbocycles. The van der Waals surface area contributed by atoms with Crippen LogP contribution in [0.2, 0.25) is 0 Å². The number of rotatable bonds is 10. The van der Waals surface area contributed by atoms with E-state index in [0.717, 1.165) is 5.56 Å². The standard InChI is InChI=1S/C29H31FN6O4/c1-2-35(19-21-6-4-3-5-7-21)28(37)13-12-27-31-26(33-40-27)20-34-14-16-36(17-15-34)29(38)24-18-25(39-32-24)22-8-10-23(30)11-9-22/h3-11,18H,2,12-17,19-20H2,1H3. The number of aromatic nitrogens is 3. The van der Waals surface area contributed by atoms with E-state index in [0.29, 0.717) is 81.7 Å². The van der Waals surface area contributed by atoms with Crippen LogP contribution in [0.4, 0.5) is 4.39 Å². The molecular weight excluding hydrogens is 515 g/mol. The normalized spacial score (nSPS) is 13.9. The molecule has 10 nitrogen and oxygen atoms in total. The number of piperazine rings is 1. The summed E-state index contributed by atoms with van der Waals surface area (Å²) in [5.41, 5.74) is 1.96. The fraction of sp³-hybridized carbons (Fsp3) is 0.345. The van der Waals surface area contributed by atoms with Crippen LogP contribution in [0.1, 0.15) is 41.1 Å². The van der Waals surface area contributed by atoms with E-state index in [4.69, 9.17) is 9.05 Å². The molecule has 2 aromatic carbocycles. The molecule has 2 aromatic heterocycles. The van der Waals surface area contributed by atoms with Crippen LogP contribution in [-0.4, -0.2) is 74.5 Å². The first kappa shape index (κ1) is 27.2. The van der Waals surface area contributed by atoms with Crippen LogP contribution in [-0.2, 0) is 24.3 Å². The Morgan fingerprint density at radius 3 is 2.45 bits per heavy atom. The van der Waals surface area contributed by atoms with Crippen molar-refractivity contribution in [3.8, 4) is 11.3 Å². The monoisotopic (exact) mass is 546 g/mol. The van der Waals surface area contributed by atoms with Crippen LogP contribution < -0.4 is 0 Å². The summed E-state index contributed by atoms with van der Waals surface area (Å²) < 4.78 is 23.9. The molecule has 1 aliphatic heterocycles. The van der Waals surface area contributed by atoms with E-state index in [2.05, 4.69) is 20.2 Å². The van der Waals surface area contributed by atoms with Crippen LogP contribution in [0.5, 0.6) is 0 Å². The van der Waals surface area contributed by atoms with Gasteiger partial charge >= 0.3 is 0 Å². The molecule has 2 amide bonds. The highest BCUT2D eigenvalue weighted by Gasteiger charge is 2.26. The van der Waals surface area contributed by atoms with Crippen molar-refractivity contribution in [1.82, 2.24) is 30.0 Å². The van der Waals surface area contributed by atoms with Gasteiger partial charge in [-0.25, -0.2) is 4.39 Å². The Balaban J connectivity index is 1.07. The number of hydrogen-bond acceptors (Lipinski definition) is 8. The number of hydrogen-bond donors (Lipinski definition) is 0. The molecule has 0 bridgehead atoms. The Bertz CT molecular complexity index is 1410. The van der Waals surface area contributed by atoms with E-state index < -0.39 is 0 Å². The molecule has 40 heavy (non-hydrogen) atoms. The maximum absolute atomic E-state index is 13.2. The predicted molar refractivity (Wildman–Crippen MR) is 143 cm³/mol. The van der Waals surface area contributed by atoms with Crippen molar-refractivity contribution in [2.24, 2.45) is 0 Å². The third-order valence-electron chi connectivity index (χ3n) is 6.90. The lowest BCUT2D eigenvalue weighted by Crippen LogP contribution is -2.48. The Morgan fingerprint density at radius 1 is 0.975 bits per heavy atom. The average molecular weight is 547 g/mol. The summed E-state index contributed by atoms with van der Waals surface area (Å²) in [6.45, 7) is 5.98. The molecule has 11 heteroatoms. The highest BCUT2D eigenvalue weighted by atomic mass is 19.1. The molecule has 4 aromatic rings. The zero-order chi connectivity index (χ0) is 27.9. The Morgan fingerprint density at radius 2 is 1.73 bits per heavy atom. The molecule has 0 N–H and O–H groups in total. The Labute approximate surface area is 231 Å². The zero-order valence-corrected chi connectivity index (χ0v) is 22.3. The lowest BCUT2D eigenvalue weighted by molar-refractivity contribution is -0.131. The summed E-state index contributed by atoms with van der Waals surface area (Å²) in [5, 5.41) is 7.99. The predicted octanol–water partition coefficient (Wildman–Crippen LogP) is 3.80. The van der Waals surface area contributed by atoms with E-state index in [1.54, 1.807) is 23.1 Å². The van der Waals surface area contributed by atoms with Gasteiger partial charge in [-0.15, -0.1) is 0 Å². The molecule has 1 fully saturated rings. The molecule has 0 radical (unpaired) electrons. The van der Waals surface area contributed by atoms with E-state index in [1.807, 2.05) is 42.2 Å². The van der Waals surface area contributed by atoms with Crippen molar-refractivity contribution in [3.05, 3.63) is 89.5 Å². The van der Waals surface area contributed by atoms with Gasteiger partial charge in [0.25, 0.3) is 5.91 Å². The van der Waals surface area contributed by atoms with Crippen molar-refractivity contribution in [2.45, 2.75) is 32.9 Å². The van der Waals surface area contributed by atoms with E-state index >= 15 is 0 Å². The smallest absolute Gasteiger partial charge is 0.276 e. The van der Waals surface area contributed by atoms with Crippen molar-refractivity contribution in [1.29, 1.82) is 0 Å². The van der Waals surface area contributed by atoms with Gasteiger partial charge in [0.2, 0.25) is 11.8 Å². The number of carbonyl (C=O) groups excluding carboxylic acids is 2. The minimum Gasteiger partial charge on any atom is -0.355 e. The van der Waals surface area contributed by atoms with Crippen molar-refractivity contribution >= 4 is 11.8 Å². The fourth-order valence-electron chi connectivity index (χ4n) is 4.61. The molecule has 0 unspecified atom stereocenters. The van der Waals surface area contributed by atoms with Crippen LogP contribution in [0.3, 0.4) is 0 Å². The van der Waals surface area contributed by atoms with Gasteiger partial charge < -0.3 is 18.8 Å². The van der Waals surface area contributed by atoms with Crippen LogP contribution >= 0.6 is 0 Å². The highest BCUT2D eigenvalue weighted by Crippen LogP contribution is 2.22. The van der Waals surface area contributed by atoms with Crippen LogP contribution in [0.25, 0.3) is 11.3 Å². The molecule has 0 aliphatic carbocycles. The maximum atomic E-state index is 13.2. The number of halogens is 1. The Kier molecular flexibility index (Phi) is 8.60. The Hall–Kier alpha value is -4.38. The molecular formula is C29H31FN6O4. The second kappa shape index (κ2) is 12.6. The lowest BCUT2D eigenvalue weighted by Gasteiger charge is -2.33. The summed E-state index contributed by atoms with van der Waals surface area (Å²) >= 11 is 0. The third-order valence-corrected chi connectivity index (χ3v) is 6.90. The van der Waals surface area contributed by atoms with Gasteiger partial charge in [0.1, 0.15) is 5.82 Å². The maximum Gasteiger partial charge on any atom is 0.276 e. The minimum absolute atomic E-state index is 0.0452. The molecule has 208 valence electrons. The zero-order valence-electron chi connectivity index (χ0n) is 22.3. The van der Waals surface area contributed by atoms with E-state index in [9.17, 15) is 14.0 Å². The van der Waals surface area contributed by atoms with Crippen molar-refractivity contribution in [3.63, 3.8) is 0 Å². The van der Waals surface area contributed by atoms with Crippen molar-refractivity contribution < 1.29 is 23.0 Å². The third kappa shape index (κ3) is 6.78. The SMILES string of the molecule is CCN(Cc1ccccc1)C(=O)CCc1nc(CN2CCN(C(=O)c3cc(-c4ccc(F)cc4)on3)CC2)no1. The van der Waals surface area contributed by atoms with Gasteiger partial charge in [-0.2, -0.15) is 4.98 Å². The number of nitrogens with zero attached hydrogens (tertiary/aromatic N) is 6. The number of aryl methyl sites for hydroxylation is 1. The van der Waals surface area contributed by atoms with E-state index in [1.165, 1.54) is 12.1 Å². The van der Waals surface area contributed by atoms with Gasteiger partial charge in [-0.3, -0.25) is 14.5 Å². The van der Waals surface area contributed by atoms with Crippen LogP contribution in [0, 0.1) is 5.82 Å². The topological polar surface area (TPSA) is 109 Å². The summed E-state index contributed by atoms with van der Waals surface area (Å²) in [6.07, 6.45) is 0.686. The number of amides is 2. The van der Waals surface area contributed by atoms with Gasteiger partial charge in [-0.1, -0.05) is 40.6 Å². The summed E-state index contributed by atoms with van der Waals surface area (Å²) in [6, 6.07) is 17.3. The second-order valence-electron chi connectivity index (χ2n) is 9.65. The first-order valence-corrected chi connectivity index (χ1v) is 13.4. The lowest BCUT2D eigenvalue weighted by atomic mass is 10.1. The molecule has 1 aliphatic rings. The van der Waals surface area contributed by atoms with Crippen molar-refractivity contribution in [2.75, 3.05) is 32.7 Å². The largest absolute Gasteiger partial charge is 0.355 e. The molecule has 1 saturated heterocycles. The molecule has 0 spiro atoms. The average Bonchev–Trinajstić information content (AvgIpc) is 3.66. The first-order chi connectivity index (χ1) is 19.5. The quantitative estimate of drug-likeness (QED) is 0.296. The molecule has 0 atom stereocenters. The van der Waals surface area contributed by atoms with E-state index in [-0.39, 0.29) is 23.3 Å². The van der Waals surface area contributed by atoms with Gasteiger partial charge in [0.15, 0.2) is 17.3 Å². The second-order valence-corrected chi connectivity index (χ2v) is 9.65. The van der Waals surface area contributed by atoms with Gasteiger partial charge in [0, 0.05) is 63.7 Å². The molecule has 5 rings (SSSR count). The summed E-state index contributed by atoms with van der Waals surface area (Å²) in [7, 11) is 0. The van der Waals surface area contributed by atoms with Gasteiger partial charge in [0.05, 0.1) is 6.54 Å². The highest BCUT2D eigenvalue weighted by molar-refractivity contribution is 5.93. The van der Waals surface area contributed by atoms with Gasteiger partial charge in [-0.05, 0) is 36.8 Å². The van der Waals surface area contributed by atoms with Crippen LogP contribution in [0.15, 0.2) is 69.7 Å². The number of carbonyl (C=O) groups is 2. The summed E-state index contributed by atoms with van der Waals surface area (Å²) in [4.78, 5) is 35.8.